The minimum absolute atomic E-state index is 0.177. The van der Waals surface area contributed by atoms with E-state index in [9.17, 15) is 14.4 Å². The van der Waals surface area contributed by atoms with E-state index < -0.39 is 18.2 Å². The summed E-state index contributed by atoms with van der Waals surface area (Å²) in [5, 5.41) is 2.91. The smallest absolute Gasteiger partial charge is 0.411 e. The Morgan fingerprint density at radius 1 is 0.946 bits per heavy atom. The number of carbonyl (C=O) groups excluding carboxylic acids is 3. The maximum atomic E-state index is 13.7. The van der Waals surface area contributed by atoms with Gasteiger partial charge in [-0.2, -0.15) is 0 Å². The van der Waals surface area contributed by atoms with Crippen LogP contribution in [0.4, 0.5) is 10.5 Å². The molecule has 1 N–H and O–H groups in total. The van der Waals surface area contributed by atoms with Crippen LogP contribution in [-0.4, -0.2) is 60.1 Å². The number of aryl methyl sites for hydroxylation is 1. The van der Waals surface area contributed by atoms with Gasteiger partial charge in [-0.1, -0.05) is 60.2 Å². The zero-order chi connectivity index (χ0) is 25.8. The largest absolute Gasteiger partial charge is 0.438 e. The van der Waals surface area contributed by atoms with Crippen molar-refractivity contribution < 1.29 is 23.9 Å². The second-order valence-electron chi connectivity index (χ2n) is 9.25. The fourth-order valence-corrected chi connectivity index (χ4v) is 4.73. The molecule has 3 aromatic rings. The van der Waals surface area contributed by atoms with E-state index in [1.807, 2.05) is 61.5 Å². The third kappa shape index (κ3) is 5.49. The van der Waals surface area contributed by atoms with Crippen molar-refractivity contribution in [1.29, 1.82) is 0 Å². The van der Waals surface area contributed by atoms with Crippen LogP contribution in [0, 0.1) is 6.92 Å². The molecule has 37 heavy (non-hydrogen) atoms. The molecule has 2 heterocycles. The van der Waals surface area contributed by atoms with E-state index in [-0.39, 0.29) is 18.4 Å². The minimum Gasteiger partial charge on any atom is -0.438 e. The lowest BCUT2D eigenvalue weighted by Gasteiger charge is -2.33. The average Bonchev–Trinajstić information content (AvgIpc) is 3.25. The van der Waals surface area contributed by atoms with Crippen molar-refractivity contribution in [2.24, 2.45) is 0 Å². The molecule has 2 aliphatic rings. The van der Waals surface area contributed by atoms with Gasteiger partial charge in [0.05, 0.1) is 19.8 Å². The molecule has 8 heteroatoms. The number of benzene rings is 3. The van der Waals surface area contributed by atoms with Crippen molar-refractivity contribution in [3.8, 4) is 0 Å². The Bertz CT molecular complexity index is 1290. The number of hydrogen-bond acceptors (Lipinski definition) is 5. The van der Waals surface area contributed by atoms with Crippen LogP contribution in [0.1, 0.15) is 33.2 Å². The van der Waals surface area contributed by atoms with E-state index in [1.165, 1.54) is 4.90 Å². The summed E-state index contributed by atoms with van der Waals surface area (Å²) < 4.78 is 11.2. The van der Waals surface area contributed by atoms with Gasteiger partial charge in [-0.15, -0.1) is 0 Å². The van der Waals surface area contributed by atoms with Crippen molar-refractivity contribution >= 4 is 23.6 Å². The molecule has 0 spiro atoms. The van der Waals surface area contributed by atoms with Gasteiger partial charge in [-0.05, 0) is 42.3 Å². The SMILES string of the molecule is Cc1cccc(C(=O)Nc2cccc([C@@H]3OC(=O)N(Cc4ccccc4)[C@@H]3C(=O)N3CCOCC3)c2)c1. The fraction of sp³-hybridized carbons (Fsp3) is 0.276. The number of ether oxygens (including phenoxy) is 2. The Labute approximate surface area is 215 Å². The van der Waals surface area contributed by atoms with Crippen molar-refractivity contribution in [2.45, 2.75) is 25.6 Å². The summed E-state index contributed by atoms with van der Waals surface area (Å²) in [5.41, 5.74) is 3.63. The highest BCUT2D eigenvalue weighted by molar-refractivity contribution is 6.04. The zero-order valence-corrected chi connectivity index (χ0v) is 20.6. The highest BCUT2D eigenvalue weighted by Crippen LogP contribution is 2.36. The first-order valence-electron chi connectivity index (χ1n) is 12.4. The van der Waals surface area contributed by atoms with Gasteiger partial charge >= 0.3 is 6.09 Å². The van der Waals surface area contributed by atoms with Gasteiger partial charge in [-0.25, -0.2) is 4.79 Å². The number of nitrogens with one attached hydrogen (secondary N) is 1. The summed E-state index contributed by atoms with van der Waals surface area (Å²) in [4.78, 5) is 42.8. The Kier molecular flexibility index (Phi) is 7.18. The fourth-order valence-electron chi connectivity index (χ4n) is 4.73. The maximum Gasteiger partial charge on any atom is 0.411 e. The van der Waals surface area contributed by atoms with Crippen molar-refractivity contribution in [3.63, 3.8) is 0 Å². The van der Waals surface area contributed by atoms with Crippen LogP contribution >= 0.6 is 0 Å². The van der Waals surface area contributed by atoms with E-state index >= 15 is 0 Å². The molecule has 0 unspecified atom stereocenters. The second kappa shape index (κ2) is 10.8. The number of nitrogens with zero attached hydrogens (tertiary/aromatic N) is 2. The molecule has 2 fully saturated rings. The lowest BCUT2D eigenvalue weighted by molar-refractivity contribution is -0.141. The van der Waals surface area contributed by atoms with E-state index in [1.54, 1.807) is 29.2 Å². The predicted octanol–water partition coefficient (Wildman–Crippen LogP) is 4.17. The number of cyclic esters (lactones) is 1. The first-order valence-corrected chi connectivity index (χ1v) is 12.4. The monoisotopic (exact) mass is 499 g/mol. The van der Waals surface area contributed by atoms with Crippen LogP contribution in [0.15, 0.2) is 78.9 Å². The van der Waals surface area contributed by atoms with Crippen molar-refractivity contribution in [1.82, 2.24) is 9.80 Å². The molecule has 0 saturated carbocycles. The molecule has 0 bridgehead atoms. The molecule has 0 radical (unpaired) electrons. The third-order valence-electron chi connectivity index (χ3n) is 6.61. The van der Waals surface area contributed by atoms with Gasteiger partial charge in [0.15, 0.2) is 12.1 Å². The average molecular weight is 500 g/mol. The topological polar surface area (TPSA) is 88.2 Å². The molecular formula is C29H29N3O5. The molecule has 2 aliphatic heterocycles. The molecule has 0 aromatic heterocycles. The Balaban J connectivity index is 1.43. The molecule has 5 rings (SSSR count). The number of hydrogen-bond donors (Lipinski definition) is 1. The van der Waals surface area contributed by atoms with Crippen LogP contribution in [-0.2, 0) is 20.8 Å². The first kappa shape index (κ1) is 24.5. The molecule has 3 aromatic carbocycles. The van der Waals surface area contributed by atoms with Gasteiger partial charge in [0.1, 0.15) is 0 Å². The quantitative estimate of drug-likeness (QED) is 0.550. The molecule has 0 aliphatic carbocycles. The number of morpholine rings is 1. The molecule has 8 nitrogen and oxygen atoms in total. The van der Waals surface area contributed by atoms with E-state index in [0.717, 1.165) is 11.1 Å². The standard InChI is InChI=1S/C29H29N3O5/c1-20-7-5-11-23(17-20)27(33)30-24-12-6-10-22(18-24)26-25(28(34)31-13-15-36-16-14-31)32(29(35)37-26)19-21-8-3-2-4-9-21/h2-12,17-18,25-26H,13-16,19H2,1H3,(H,30,33)/t25-,26-/m0/s1. The summed E-state index contributed by atoms with van der Waals surface area (Å²) in [6.45, 7) is 4.01. The summed E-state index contributed by atoms with van der Waals surface area (Å²) in [5.74, 6) is -0.416. The Hall–Kier alpha value is -4.17. The van der Waals surface area contributed by atoms with Crippen molar-refractivity contribution in [3.05, 3.63) is 101 Å². The van der Waals surface area contributed by atoms with Gasteiger partial charge in [-0.3, -0.25) is 14.5 Å². The van der Waals surface area contributed by atoms with Crippen LogP contribution in [0.5, 0.6) is 0 Å². The zero-order valence-electron chi connectivity index (χ0n) is 20.6. The number of amides is 3. The highest BCUT2D eigenvalue weighted by atomic mass is 16.6. The van der Waals surface area contributed by atoms with Gasteiger partial charge in [0.2, 0.25) is 5.91 Å². The number of carbonyl (C=O) groups is 3. The van der Waals surface area contributed by atoms with E-state index in [0.29, 0.717) is 43.1 Å². The normalized spacial score (nSPS) is 19.4. The molecule has 3 amide bonds. The minimum atomic E-state index is -0.839. The lowest BCUT2D eigenvalue weighted by Crippen LogP contribution is -2.51. The summed E-state index contributed by atoms with van der Waals surface area (Å²) >= 11 is 0. The second-order valence-corrected chi connectivity index (χ2v) is 9.25. The first-order chi connectivity index (χ1) is 18.0. The van der Waals surface area contributed by atoms with Gasteiger partial charge in [0, 0.05) is 24.3 Å². The lowest BCUT2D eigenvalue weighted by atomic mass is 9.99. The van der Waals surface area contributed by atoms with Crippen LogP contribution in [0.2, 0.25) is 0 Å². The molecule has 2 saturated heterocycles. The summed E-state index contributed by atoms with van der Waals surface area (Å²) in [7, 11) is 0. The number of rotatable bonds is 6. The van der Waals surface area contributed by atoms with E-state index in [2.05, 4.69) is 5.32 Å². The van der Waals surface area contributed by atoms with E-state index in [4.69, 9.17) is 9.47 Å². The van der Waals surface area contributed by atoms with Gasteiger partial charge < -0.3 is 19.7 Å². The van der Waals surface area contributed by atoms with Crippen molar-refractivity contribution in [2.75, 3.05) is 31.6 Å². The van der Waals surface area contributed by atoms with Crippen LogP contribution in [0.3, 0.4) is 0 Å². The van der Waals surface area contributed by atoms with Crippen LogP contribution in [0.25, 0.3) is 0 Å². The summed E-state index contributed by atoms with van der Waals surface area (Å²) in [6.07, 6.45) is -1.36. The molecular weight excluding hydrogens is 470 g/mol. The third-order valence-corrected chi connectivity index (χ3v) is 6.61. The van der Waals surface area contributed by atoms with Gasteiger partial charge in [0.25, 0.3) is 5.91 Å². The Morgan fingerprint density at radius 2 is 1.70 bits per heavy atom. The highest BCUT2D eigenvalue weighted by Gasteiger charge is 2.48. The number of anilines is 1. The predicted molar refractivity (Wildman–Crippen MR) is 138 cm³/mol. The maximum absolute atomic E-state index is 13.7. The summed E-state index contributed by atoms with van der Waals surface area (Å²) in [6, 6.07) is 23.1. The molecule has 190 valence electrons. The Morgan fingerprint density at radius 3 is 2.46 bits per heavy atom. The molecule has 2 atom stereocenters. The van der Waals surface area contributed by atoms with Crippen LogP contribution < -0.4 is 5.32 Å².